The first kappa shape index (κ1) is 30.8. The normalized spacial score (nSPS) is 17.0. The van der Waals surface area contributed by atoms with Crippen LogP contribution in [0.2, 0.25) is 0 Å². The molecular weight excluding hydrogens is 575 g/mol. The third-order valence-electron chi connectivity index (χ3n) is 7.14. The minimum Gasteiger partial charge on any atom is -0.339 e. The van der Waals surface area contributed by atoms with Gasteiger partial charge in [-0.1, -0.05) is 45.0 Å². The molecule has 0 aliphatic carbocycles. The Balaban J connectivity index is 1.56. The number of rotatable bonds is 7. The Morgan fingerprint density at radius 3 is 2.37 bits per heavy atom. The lowest BCUT2D eigenvalue weighted by molar-refractivity contribution is -0.141. The maximum atomic E-state index is 14.2. The lowest BCUT2D eigenvalue weighted by atomic mass is 9.85. The molecule has 3 N–H and O–H groups in total. The summed E-state index contributed by atoms with van der Waals surface area (Å²) < 4.78 is 40.2. The minimum absolute atomic E-state index is 0.136. The molecule has 3 amide bonds. The molecule has 1 aromatic heterocycles. The number of anilines is 1. The van der Waals surface area contributed by atoms with E-state index in [-0.39, 0.29) is 16.2 Å². The third kappa shape index (κ3) is 6.21. The van der Waals surface area contributed by atoms with Gasteiger partial charge in [-0.25, -0.2) is 0 Å². The maximum Gasteiger partial charge on any atom is 0.399 e. The number of para-hydroxylation sites is 1. The molecule has 1 aliphatic rings. The number of carbonyl (C=O) groups is 3. The highest BCUT2D eigenvalue weighted by atomic mass is 32.1. The van der Waals surface area contributed by atoms with Crippen LogP contribution in [0.4, 0.5) is 14.5 Å². The predicted octanol–water partition coefficient (Wildman–Crippen LogP) is 4.93. The molecule has 13 heteroatoms. The van der Waals surface area contributed by atoms with Gasteiger partial charge in [0.1, 0.15) is 12.1 Å². The van der Waals surface area contributed by atoms with E-state index >= 15 is 0 Å². The van der Waals surface area contributed by atoms with Crippen LogP contribution in [0.1, 0.15) is 48.8 Å². The summed E-state index contributed by atoms with van der Waals surface area (Å²) >= 11 is 0.999. The number of thiophene rings is 1. The van der Waals surface area contributed by atoms with Crippen molar-refractivity contribution in [2.24, 2.45) is 5.41 Å². The molecule has 2 aromatic carbocycles. The number of nitrogens with one attached hydrogen (secondary N) is 1. The number of amides is 3. The van der Waals surface area contributed by atoms with Gasteiger partial charge in [0, 0.05) is 29.5 Å². The zero-order valence-corrected chi connectivity index (χ0v) is 24.7. The van der Waals surface area contributed by atoms with Crippen molar-refractivity contribution in [1.29, 1.82) is 0 Å². The highest BCUT2D eigenvalue weighted by Gasteiger charge is 2.50. The average molecular weight is 608 g/mol. The van der Waals surface area contributed by atoms with Crippen LogP contribution in [0, 0.1) is 5.41 Å². The van der Waals surface area contributed by atoms with Gasteiger partial charge in [-0.2, -0.15) is 8.78 Å². The van der Waals surface area contributed by atoms with Crippen LogP contribution >= 0.6 is 18.9 Å². The number of likely N-dealkylation sites (tertiary alicyclic amines) is 1. The summed E-state index contributed by atoms with van der Waals surface area (Å²) in [5, 5.41) is 2.99. The van der Waals surface area contributed by atoms with Gasteiger partial charge >= 0.3 is 13.3 Å². The molecule has 0 spiro atoms. The highest BCUT2D eigenvalue weighted by Crippen LogP contribution is 2.59. The molecule has 220 valence electrons. The number of alkyl halides is 2. The number of benzene rings is 2. The zero-order valence-electron chi connectivity index (χ0n) is 23.0. The van der Waals surface area contributed by atoms with Gasteiger partial charge in [0.25, 0.3) is 5.91 Å². The highest BCUT2D eigenvalue weighted by molar-refractivity contribution is 7.52. The van der Waals surface area contributed by atoms with Crippen molar-refractivity contribution in [2.75, 3.05) is 18.5 Å². The monoisotopic (exact) mass is 607 g/mol. The van der Waals surface area contributed by atoms with Crippen LogP contribution in [-0.4, -0.2) is 58.1 Å². The van der Waals surface area contributed by atoms with E-state index in [4.69, 9.17) is 9.79 Å². The Hall–Kier alpha value is -3.18. The maximum absolute atomic E-state index is 14.2. The van der Waals surface area contributed by atoms with E-state index in [2.05, 4.69) is 5.32 Å². The number of likely N-dealkylation sites (N-methyl/N-ethyl adjacent to an activating group) is 1. The second kappa shape index (κ2) is 11.2. The lowest BCUT2D eigenvalue weighted by Gasteiger charge is -2.36. The molecule has 1 saturated heterocycles. The van der Waals surface area contributed by atoms with Crippen molar-refractivity contribution in [3.05, 3.63) is 65.0 Å². The van der Waals surface area contributed by atoms with Crippen LogP contribution in [0.15, 0.2) is 54.6 Å². The van der Waals surface area contributed by atoms with Crippen LogP contribution in [0.25, 0.3) is 10.1 Å². The molecule has 2 atom stereocenters. The number of halogens is 2. The van der Waals surface area contributed by atoms with E-state index in [1.54, 1.807) is 40.0 Å². The fourth-order valence-corrected chi connectivity index (χ4v) is 6.24. The first-order chi connectivity index (χ1) is 19.0. The van der Waals surface area contributed by atoms with Crippen molar-refractivity contribution in [3.63, 3.8) is 0 Å². The smallest absolute Gasteiger partial charge is 0.339 e. The topological polar surface area (TPSA) is 127 Å². The molecule has 1 unspecified atom stereocenters. The first-order valence-corrected chi connectivity index (χ1v) is 15.4. The van der Waals surface area contributed by atoms with E-state index in [1.165, 1.54) is 21.9 Å². The van der Waals surface area contributed by atoms with E-state index in [0.717, 1.165) is 23.5 Å². The van der Waals surface area contributed by atoms with E-state index in [9.17, 15) is 27.7 Å². The van der Waals surface area contributed by atoms with Crippen LogP contribution in [-0.2, 0) is 19.8 Å². The van der Waals surface area contributed by atoms with Crippen molar-refractivity contribution in [1.82, 2.24) is 10.2 Å². The predicted molar refractivity (Wildman–Crippen MR) is 153 cm³/mol. The summed E-state index contributed by atoms with van der Waals surface area (Å²) in [6.45, 7) is 5.74. The number of hydrogen-bond acceptors (Lipinski definition) is 5. The Morgan fingerprint density at radius 1 is 1.10 bits per heavy atom. The number of fused-ring (bicyclic) bond motifs is 1. The number of carbonyl (C=O) groups excluding carboxylic acids is 3. The van der Waals surface area contributed by atoms with Crippen LogP contribution in [0.3, 0.4) is 0 Å². The van der Waals surface area contributed by atoms with Gasteiger partial charge in [0.15, 0.2) is 0 Å². The second-order valence-electron chi connectivity index (χ2n) is 11.1. The van der Waals surface area contributed by atoms with Crippen molar-refractivity contribution < 1.29 is 37.5 Å². The minimum atomic E-state index is -5.75. The van der Waals surface area contributed by atoms with Crippen molar-refractivity contribution in [2.45, 2.75) is 51.4 Å². The Kier molecular flexibility index (Phi) is 8.44. The molecule has 2 heterocycles. The standard InChI is InChI=1S/C28H32F2N3O6PS/c1-27(2,3)23(26(36)33-14-8-11-20(33)25(35)32(4)19-9-6-5-7-10-19)31-24(34)22-16-17-15-18(12-13-21(17)41-22)28(29,30)40(37,38)39/h5-7,9-10,12-13,15-16,20,23H,8,11,14H2,1-4H3,(H,31,34)(H2,37,38,39)/t20-,23?/m0/s1. The Labute approximate surface area is 240 Å². The first-order valence-electron chi connectivity index (χ1n) is 12.9. The molecule has 4 rings (SSSR count). The van der Waals surface area contributed by atoms with Gasteiger partial charge in [-0.15, -0.1) is 11.3 Å². The zero-order chi connectivity index (χ0) is 30.3. The molecule has 0 bridgehead atoms. The van der Waals surface area contributed by atoms with E-state index in [1.807, 2.05) is 18.2 Å². The fourth-order valence-electron chi connectivity index (χ4n) is 4.82. The van der Waals surface area contributed by atoms with Gasteiger partial charge in [0.05, 0.1) is 4.88 Å². The Morgan fingerprint density at radius 2 is 1.76 bits per heavy atom. The summed E-state index contributed by atoms with van der Waals surface area (Å²) in [5.41, 5.74) is -5.28. The largest absolute Gasteiger partial charge is 0.399 e. The molecule has 41 heavy (non-hydrogen) atoms. The summed E-state index contributed by atoms with van der Waals surface area (Å²) in [6, 6.07) is 11.9. The molecule has 1 aliphatic heterocycles. The van der Waals surface area contributed by atoms with Crippen LogP contribution in [0.5, 0.6) is 0 Å². The van der Waals surface area contributed by atoms with E-state index in [0.29, 0.717) is 29.8 Å². The summed E-state index contributed by atoms with van der Waals surface area (Å²) in [5.74, 6) is -1.23. The van der Waals surface area contributed by atoms with Gasteiger partial charge in [-0.3, -0.25) is 18.9 Å². The Bertz CT molecular complexity index is 1520. The lowest BCUT2D eigenvalue weighted by Crippen LogP contribution is -2.57. The summed E-state index contributed by atoms with van der Waals surface area (Å²) in [7, 11) is -4.10. The quantitative estimate of drug-likeness (QED) is 0.327. The number of hydrogen-bond donors (Lipinski definition) is 3. The van der Waals surface area contributed by atoms with Gasteiger partial charge in [0.2, 0.25) is 11.8 Å². The summed E-state index contributed by atoms with van der Waals surface area (Å²) in [6.07, 6.45) is 1.12. The summed E-state index contributed by atoms with van der Waals surface area (Å²) in [4.78, 5) is 61.8. The molecule has 0 saturated carbocycles. The SMILES string of the molecule is CN(C(=O)[C@@H]1CCCN1C(=O)C(NC(=O)c1cc2cc(C(F)(F)P(=O)(O)O)ccc2s1)C(C)(C)C)c1ccccc1. The molecule has 9 nitrogen and oxygen atoms in total. The number of nitrogens with zero attached hydrogens (tertiary/aromatic N) is 2. The van der Waals surface area contributed by atoms with Crippen molar-refractivity contribution >= 4 is 52.4 Å². The van der Waals surface area contributed by atoms with Gasteiger partial charge in [-0.05, 0) is 54.0 Å². The molecule has 3 aromatic rings. The van der Waals surface area contributed by atoms with Crippen molar-refractivity contribution in [3.8, 4) is 0 Å². The van der Waals surface area contributed by atoms with Crippen LogP contribution < -0.4 is 10.2 Å². The third-order valence-corrected chi connectivity index (χ3v) is 9.24. The molecule has 0 radical (unpaired) electrons. The second-order valence-corrected chi connectivity index (χ2v) is 13.9. The van der Waals surface area contributed by atoms with Gasteiger partial charge < -0.3 is 24.9 Å². The average Bonchev–Trinajstić information content (AvgIpc) is 3.57. The molecular formula is C28H32F2N3O6PS. The fraction of sp³-hybridized carbons (Fsp3) is 0.393. The molecule has 1 fully saturated rings. The van der Waals surface area contributed by atoms with E-state index < -0.39 is 48.1 Å².